The van der Waals surface area contributed by atoms with Crippen LogP contribution in [0, 0.1) is 0 Å². The van der Waals surface area contributed by atoms with Crippen LogP contribution >= 0.6 is 11.8 Å². The van der Waals surface area contributed by atoms with Gasteiger partial charge >= 0.3 is 11.9 Å². The van der Waals surface area contributed by atoms with Crippen LogP contribution in [0.4, 0.5) is 0 Å². The van der Waals surface area contributed by atoms with E-state index in [1.807, 2.05) is 41.9 Å². The van der Waals surface area contributed by atoms with E-state index in [1.54, 1.807) is 0 Å². The van der Waals surface area contributed by atoms with Gasteiger partial charge in [0.15, 0.2) is 0 Å². The van der Waals surface area contributed by atoms with Gasteiger partial charge in [0.1, 0.15) is 12.1 Å². The van der Waals surface area contributed by atoms with Crippen LogP contribution in [0.2, 0.25) is 0 Å². The predicted molar refractivity (Wildman–Crippen MR) is 118 cm³/mol. The van der Waals surface area contributed by atoms with E-state index in [0.29, 0.717) is 5.75 Å². The second-order valence-corrected chi connectivity index (χ2v) is 7.90. The number of carbonyl (C=O) groups is 5. The molecule has 0 aliphatic heterocycles. The average Bonchev–Trinajstić information content (AvgIpc) is 2.74. The highest BCUT2D eigenvalue weighted by molar-refractivity contribution is 7.98. The van der Waals surface area contributed by atoms with E-state index in [1.165, 1.54) is 11.8 Å². The van der Waals surface area contributed by atoms with Gasteiger partial charge in [-0.2, -0.15) is 11.8 Å². The summed E-state index contributed by atoms with van der Waals surface area (Å²) < 4.78 is 0. The molecule has 176 valence electrons. The standard InChI is InChI=1S/C20H28N4O7S/c1-32-8-7-14(24-18(28)13(21)9-12-5-3-2-4-6-12)19(29)22-11-16(25)23-15(20(30)31)10-17(26)27/h2-6,13-15H,7-11,21H2,1H3,(H,22,29)(H,23,25)(H,24,28)(H,26,27)(H,30,31). The third kappa shape index (κ3) is 10.3. The Morgan fingerprint density at radius 3 is 2.22 bits per heavy atom. The van der Waals surface area contributed by atoms with Crippen molar-refractivity contribution < 1.29 is 34.2 Å². The van der Waals surface area contributed by atoms with Crippen LogP contribution in [0.15, 0.2) is 30.3 Å². The minimum absolute atomic E-state index is 0.284. The molecule has 0 bridgehead atoms. The number of amides is 3. The van der Waals surface area contributed by atoms with Crippen molar-refractivity contribution >= 4 is 41.4 Å². The lowest BCUT2D eigenvalue weighted by Gasteiger charge is -2.21. The van der Waals surface area contributed by atoms with Crippen molar-refractivity contribution in [3.8, 4) is 0 Å². The number of carboxylic acid groups (broad SMARTS) is 2. The lowest BCUT2D eigenvalue weighted by Crippen LogP contribution is -2.54. The Hall–Kier alpha value is -3.12. The molecule has 0 saturated heterocycles. The van der Waals surface area contributed by atoms with Crippen molar-refractivity contribution in [3.05, 3.63) is 35.9 Å². The lowest BCUT2D eigenvalue weighted by atomic mass is 10.1. The van der Waals surface area contributed by atoms with Crippen molar-refractivity contribution in [3.63, 3.8) is 0 Å². The molecule has 0 radical (unpaired) electrons. The first kappa shape index (κ1) is 26.9. The number of hydrogen-bond donors (Lipinski definition) is 6. The van der Waals surface area contributed by atoms with Crippen LogP contribution in [-0.4, -0.2) is 76.6 Å². The highest BCUT2D eigenvalue weighted by Gasteiger charge is 2.26. The normalized spacial score (nSPS) is 13.3. The average molecular weight is 469 g/mol. The quantitative estimate of drug-likeness (QED) is 0.198. The molecule has 32 heavy (non-hydrogen) atoms. The zero-order valence-electron chi connectivity index (χ0n) is 17.6. The van der Waals surface area contributed by atoms with Gasteiger partial charge in [0.05, 0.1) is 19.0 Å². The van der Waals surface area contributed by atoms with Crippen LogP contribution in [0.3, 0.4) is 0 Å². The number of benzene rings is 1. The SMILES string of the molecule is CSCCC(NC(=O)C(N)Cc1ccccc1)C(=O)NCC(=O)NC(CC(=O)O)C(=O)O. The van der Waals surface area contributed by atoms with Crippen molar-refractivity contribution in [1.82, 2.24) is 16.0 Å². The number of nitrogens with one attached hydrogen (secondary N) is 3. The summed E-state index contributed by atoms with van der Waals surface area (Å²) in [5, 5.41) is 24.6. The number of rotatable bonds is 14. The van der Waals surface area contributed by atoms with Gasteiger partial charge < -0.3 is 31.9 Å². The fourth-order valence-electron chi connectivity index (χ4n) is 2.65. The first-order chi connectivity index (χ1) is 15.1. The van der Waals surface area contributed by atoms with Crippen LogP contribution in [0.1, 0.15) is 18.4 Å². The zero-order valence-corrected chi connectivity index (χ0v) is 18.4. The summed E-state index contributed by atoms with van der Waals surface area (Å²) in [6.45, 7) is -0.579. The zero-order chi connectivity index (χ0) is 24.1. The van der Waals surface area contributed by atoms with Crippen molar-refractivity contribution in [2.24, 2.45) is 5.73 Å². The van der Waals surface area contributed by atoms with Gasteiger partial charge in [-0.05, 0) is 30.4 Å². The Morgan fingerprint density at radius 1 is 1.00 bits per heavy atom. The number of hydrogen-bond acceptors (Lipinski definition) is 7. The highest BCUT2D eigenvalue weighted by Crippen LogP contribution is 2.05. The minimum atomic E-state index is -1.63. The molecule has 3 atom stereocenters. The van der Waals surface area contributed by atoms with Gasteiger partial charge in [-0.1, -0.05) is 30.3 Å². The van der Waals surface area contributed by atoms with E-state index in [9.17, 15) is 24.0 Å². The largest absolute Gasteiger partial charge is 0.481 e. The monoisotopic (exact) mass is 468 g/mol. The first-order valence-corrected chi connectivity index (χ1v) is 11.1. The predicted octanol–water partition coefficient (Wildman–Crippen LogP) is -1.05. The van der Waals surface area contributed by atoms with Crippen LogP contribution in [-0.2, 0) is 30.4 Å². The van der Waals surface area contributed by atoms with Crippen LogP contribution < -0.4 is 21.7 Å². The van der Waals surface area contributed by atoms with Gasteiger partial charge in [0.25, 0.3) is 0 Å². The number of carbonyl (C=O) groups excluding carboxylic acids is 3. The second-order valence-electron chi connectivity index (χ2n) is 6.91. The molecule has 0 heterocycles. The number of thioether (sulfide) groups is 1. The van der Waals surface area contributed by atoms with Crippen molar-refractivity contribution in [2.75, 3.05) is 18.6 Å². The summed E-state index contributed by atoms with van der Waals surface area (Å²) in [7, 11) is 0. The van der Waals surface area contributed by atoms with Gasteiger partial charge in [-0.15, -0.1) is 0 Å². The van der Waals surface area contributed by atoms with Crippen molar-refractivity contribution in [2.45, 2.75) is 37.4 Å². The molecule has 1 rings (SSSR count). The van der Waals surface area contributed by atoms with Crippen molar-refractivity contribution in [1.29, 1.82) is 0 Å². The van der Waals surface area contributed by atoms with E-state index in [4.69, 9.17) is 15.9 Å². The Morgan fingerprint density at radius 2 is 1.66 bits per heavy atom. The molecule has 0 aliphatic rings. The van der Waals surface area contributed by atoms with Gasteiger partial charge in [-0.25, -0.2) is 4.79 Å². The van der Waals surface area contributed by atoms with Gasteiger partial charge in [0, 0.05) is 0 Å². The topological polar surface area (TPSA) is 188 Å². The fraction of sp³-hybridized carbons (Fsp3) is 0.450. The van der Waals surface area contributed by atoms with E-state index >= 15 is 0 Å². The number of carboxylic acids is 2. The van der Waals surface area contributed by atoms with E-state index in [0.717, 1.165) is 5.56 Å². The van der Waals surface area contributed by atoms with Crippen LogP contribution in [0.5, 0.6) is 0 Å². The molecular formula is C20H28N4O7S. The molecule has 12 heteroatoms. The smallest absolute Gasteiger partial charge is 0.326 e. The number of aliphatic carboxylic acids is 2. The maximum Gasteiger partial charge on any atom is 0.326 e. The Balaban J connectivity index is 2.64. The summed E-state index contributed by atoms with van der Waals surface area (Å²) >= 11 is 1.46. The van der Waals surface area contributed by atoms with E-state index in [-0.39, 0.29) is 12.8 Å². The molecule has 0 aliphatic carbocycles. The molecule has 7 N–H and O–H groups in total. The summed E-state index contributed by atoms with van der Waals surface area (Å²) in [4.78, 5) is 58.6. The molecule has 1 aromatic carbocycles. The highest BCUT2D eigenvalue weighted by atomic mass is 32.2. The molecule has 3 unspecified atom stereocenters. The van der Waals surface area contributed by atoms with Gasteiger partial charge in [0.2, 0.25) is 17.7 Å². The summed E-state index contributed by atoms with van der Waals surface area (Å²) in [6.07, 6.45) is 1.60. The Labute approximate surface area is 189 Å². The molecular weight excluding hydrogens is 440 g/mol. The minimum Gasteiger partial charge on any atom is -0.481 e. The molecule has 0 spiro atoms. The summed E-state index contributed by atoms with van der Waals surface area (Å²) in [5.74, 6) is -4.38. The van der Waals surface area contributed by atoms with E-state index < -0.39 is 60.8 Å². The first-order valence-electron chi connectivity index (χ1n) is 9.74. The lowest BCUT2D eigenvalue weighted by molar-refractivity contribution is -0.147. The maximum atomic E-state index is 12.5. The molecule has 0 saturated carbocycles. The van der Waals surface area contributed by atoms with E-state index in [2.05, 4.69) is 10.6 Å². The maximum absolute atomic E-state index is 12.5. The van der Waals surface area contributed by atoms with Crippen LogP contribution in [0.25, 0.3) is 0 Å². The van der Waals surface area contributed by atoms with Gasteiger partial charge in [-0.3, -0.25) is 19.2 Å². The fourth-order valence-corrected chi connectivity index (χ4v) is 3.13. The molecule has 1 aromatic rings. The third-order valence-corrected chi connectivity index (χ3v) is 4.96. The molecule has 11 nitrogen and oxygen atoms in total. The Kier molecular flexibility index (Phi) is 11.8. The molecule has 0 fully saturated rings. The second kappa shape index (κ2) is 14.0. The summed E-state index contributed by atoms with van der Waals surface area (Å²) in [5.41, 5.74) is 6.82. The number of nitrogens with two attached hydrogens (primary N) is 1. The third-order valence-electron chi connectivity index (χ3n) is 4.31. The molecule has 0 aromatic heterocycles. The molecule has 3 amide bonds. The summed E-state index contributed by atoms with van der Waals surface area (Å²) in [6, 6.07) is 5.71. The Bertz CT molecular complexity index is 806.